The fourth-order valence-electron chi connectivity index (χ4n) is 9.36. The molecule has 1 atom stereocenters. The summed E-state index contributed by atoms with van der Waals surface area (Å²) in [6, 6.07) is 0. The molecule has 0 aliphatic rings. The molecule has 0 fully saturated rings. The van der Waals surface area contributed by atoms with Crippen molar-refractivity contribution in [1.82, 2.24) is 0 Å². The summed E-state index contributed by atoms with van der Waals surface area (Å²) in [6.07, 6.45) is 88.5. The number of esters is 3. The van der Waals surface area contributed by atoms with E-state index in [4.69, 9.17) is 14.2 Å². The first-order valence-electron chi connectivity index (χ1n) is 33.2. The molecule has 0 bridgehead atoms. The zero-order valence-corrected chi connectivity index (χ0v) is 51.4. The van der Waals surface area contributed by atoms with Crippen LogP contribution in [0, 0.1) is 0 Å². The smallest absolute Gasteiger partial charge is 0.306 e. The van der Waals surface area contributed by atoms with Crippen LogP contribution in [0.2, 0.25) is 0 Å². The largest absolute Gasteiger partial charge is 0.462 e. The van der Waals surface area contributed by atoms with Gasteiger partial charge in [-0.3, -0.25) is 14.4 Å². The molecule has 0 saturated heterocycles. The number of hydrogen-bond donors (Lipinski definition) is 0. The Bertz CT molecular complexity index is 1530. The molecule has 0 N–H and O–H groups in total. The molecule has 0 aliphatic heterocycles. The van der Waals surface area contributed by atoms with Gasteiger partial charge >= 0.3 is 17.9 Å². The standard InChI is InChI=1S/C72H124O6/c1-4-7-10-13-16-19-22-24-26-28-30-31-32-33-34-35-36-37-38-39-40-41-43-44-46-48-50-53-56-59-62-65-71(74)77-68-69(67-76-70(73)64-61-58-55-52-21-18-15-12-9-6-3)78-72(75)66-63-60-57-54-51-49-47-45-42-29-27-25-23-20-17-14-11-8-5-2/h7,10,16-17,19-20,24-27,30-31,33-34,36-37,69H,4-6,8-9,11-15,18,21-23,28-29,32,35,38-68H2,1-3H3/b10-7-,19-16-,20-17-,26-24-,27-25-,31-30-,34-33-,37-36-. The molecular weight excluding hydrogens is 961 g/mol. The van der Waals surface area contributed by atoms with E-state index in [1.165, 1.54) is 180 Å². The van der Waals surface area contributed by atoms with Gasteiger partial charge in [-0.2, -0.15) is 0 Å². The van der Waals surface area contributed by atoms with Gasteiger partial charge in [0.05, 0.1) is 0 Å². The average Bonchev–Trinajstić information content (AvgIpc) is 3.44. The van der Waals surface area contributed by atoms with Crippen LogP contribution in [0.15, 0.2) is 97.2 Å². The summed E-state index contributed by atoms with van der Waals surface area (Å²) in [4.78, 5) is 38.3. The van der Waals surface area contributed by atoms with E-state index in [1.807, 2.05) is 0 Å². The Hall–Kier alpha value is -3.67. The van der Waals surface area contributed by atoms with Gasteiger partial charge in [0.1, 0.15) is 13.2 Å². The predicted molar refractivity (Wildman–Crippen MR) is 339 cm³/mol. The van der Waals surface area contributed by atoms with Crippen molar-refractivity contribution in [3.05, 3.63) is 97.2 Å². The molecule has 0 spiro atoms. The van der Waals surface area contributed by atoms with E-state index >= 15 is 0 Å². The number of allylic oxidation sites excluding steroid dienone is 16. The number of unbranched alkanes of at least 4 members (excludes halogenated alkanes) is 33. The zero-order valence-electron chi connectivity index (χ0n) is 51.4. The van der Waals surface area contributed by atoms with Crippen molar-refractivity contribution >= 4 is 17.9 Å². The van der Waals surface area contributed by atoms with Crippen LogP contribution in [-0.2, 0) is 28.6 Å². The highest BCUT2D eigenvalue weighted by atomic mass is 16.6. The van der Waals surface area contributed by atoms with Gasteiger partial charge in [0.15, 0.2) is 6.10 Å². The maximum Gasteiger partial charge on any atom is 0.306 e. The fourth-order valence-corrected chi connectivity index (χ4v) is 9.36. The molecule has 1 unspecified atom stereocenters. The third-order valence-corrected chi connectivity index (χ3v) is 14.3. The van der Waals surface area contributed by atoms with Crippen LogP contribution in [0.4, 0.5) is 0 Å². The van der Waals surface area contributed by atoms with Gasteiger partial charge in [0.2, 0.25) is 0 Å². The van der Waals surface area contributed by atoms with Crippen LogP contribution in [0.25, 0.3) is 0 Å². The van der Waals surface area contributed by atoms with E-state index < -0.39 is 6.10 Å². The Morgan fingerprint density at radius 2 is 0.500 bits per heavy atom. The second-order valence-corrected chi connectivity index (χ2v) is 22.0. The van der Waals surface area contributed by atoms with E-state index in [1.54, 1.807) is 0 Å². The van der Waals surface area contributed by atoms with Crippen molar-refractivity contribution in [3.63, 3.8) is 0 Å². The van der Waals surface area contributed by atoms with Gasteiger partial charge in [0.25, 0.3) is 0 Å². The predicted octanol–water partition coefficient (Wildman–Crippen LogP) is 22.8. The lowest BCUT2D eigenvalue weighted by molar-refractivity contribution is -0.167. The fraction of sp³-hybridized carbons (Fsp3) is 0.736. The Labute approximate surface area is 483 Å². The van der Waals surface area contributed by atoms with E-state index in [9.17, 15) is 14.4 Å². The summed E-state index contributed by atoms with van der Waals surface area (Å²) in [7, 11) is 0. The zero-order chi connectivity index (χ0) is 56.4. The van der Waals surface area contributed by atoms with Crippen LogP contribution in [0.1, 0.15) is 323 Å². The summed E-state index contributed by atoms with van der Waals surface area (Å²) >= 11 is 0. The van der Waals surface area contributed by atoms with Crippen LogP contribution < -0.4 is 0 Å². The molecule has 0 radical (unpaired) electrons. The molecule has 0 saturated carbocycles. The lowest BCUT2D eigenvalue weighted by Gasteiger charge is -2.18. The maximum absolute atomic E-state index is 12.9. The lowest BCUT2D eigenvalue weighted by atomic mass is 10.0. The number of rotatable bonds is 60. The minimum Gasteiger partial charge on any atom is -0.462 e. The minimum absolute atomic E-state index is 0.0759. The Morgan fingerprint density at radius 1 is 0.269 bits per heavy atom. The van der Waals surface area contributed by atoms with E-state index in [0.717, 1.165) is 103 Å². The number of carbonyl (C=O) groups excluding carboxylic acids is 3. The Kier molecular flexibility index (Phi) is 62.7. The molecular formula is C72H124O6. The maximum atomic E-state index is 12.9. The Balaban J connectivity index is 4.19. The highest BCUT2D eigenvalue weighted by Gasteiger charge is 2.19. The van der Waals surface area contributed by atoms with Gasteiger partial charge in [-0.25, -0.2) is 0 Å². The van der Waals surface area contributed by atoms with Crippen molar-refractivity contribution in [2.45, 2.75) is 329 Å². The molecule has 0 aromatic rings. The van der Waals surface area contributed by atoms with Crippen LogP contribution in [0.3, 0.4) is 0 Å². The van der Waals surface area contributed by atoms with Crippen molar-refractivity contribution in [2.75, 3.05) is 13.2 Å². The molecule has 6 heteroatoms. The van der Waals surface area contributed by atoms with Crippen molar-refractivity contribution in [1.29, 1.82) is 0 Å². The highest BCUT2D eigenvalue weighted by Crippen LogP contribution is 2.17. The van der Waals surface area contributed by atoms with Gasteiger partial charge in [0, 0.05) is 19.3 Å². The molecule has 0 aromatic heterocycles. The van der Waals surface area contributed by atoms with Crippen LogP contribution in [-0.4, -0.2) is 37.2 Å². The SMILES string of the molecule is CC/C=C\C/C=C\C/C=C\C/C=C\C/C=C\C/C=C\CCCCCCCCCCCCCCC(=O)OCC(COC(=O)CCCCCCCCCCCC)OC(=O)CCCCCCCCCCC/C=C\C/C=C\CCCCC. The molecule has 78 heavy (non-hydrogen) atoms. The third kappa shape index (κ3) is 63.2. The first-order valence-corrected chi connectivity index (χ1v) is 33.2. The molecule has 0 aliphatic carbocycles. The molecule has 0 heterocycles. The summed E-state index contributed by atoms with van der Waals surface area (Å²) in [6.45, 7) is 6.51. The summed E-state index contributed by atoms with van der Waals surface area (Å²) in [5.41, 5.74) is 0. The first kappa shape index (κ1) is 74.3. The van der Waals surface area contributed by atoms with Gasteiger partial charge < -0.3 is 14.2 Å². The van der Waals surface area contributed by atoms with E-state index in [0.29, 0.717) is 19.3 Å². The summed E-state index contributed by atoms with van der Waals surface area (Å²) in [5, 5.41) is 0. The van der Waals surface area contributed by atoms with Crippen molar-refractivity contribution in [2.24, 2.45) is 0 Å². The second-order valence-electron chi connectivity index (χ2n) is 22.0. The van der Waals surface area contributed by atoms with Crippen LogP contribution >= 0.6 is 0 Å². The topological polar surface area (TPSA) is 78.9 Å². The first-order chi connectivity index (χ1) is 38.5. The average molecular weight is 1090 g/mol. The van der Waals surface area contributed by atoms with Crippen molar-refractivity contribution in [3.8, 4) is 0 Å². The van der Waals surface area contributed by atoms with Gasteiger partial charge in [-0.05, 0) is 103 Å². The number of carbonyl (C=O) groups is 3. The van der Waals surface area contributed by atoms with Gasteiger partial charge in [-0.15, -0.1) is 0 Å². The number of ether oxygens (including phenoxy) is 3. The lowest BCUT2D eigenvalue weighted by Crippen LogP contribution is -2.30. The Morgan fingerprint density at radius 3 is 0.808 bits per heavy atom. The second kappa shape index (κ2) is 65.8. The highest BCUT2D eigenvalue weighted by molar-refractivity contribution is 5.71. The molecule has 0 rings (SSSR count). The normalized spacial score (nSPS) is 12.7. The van der Waals surface area contributed by atoms with Crippen LogP contribution in [0.5, 0.6) is 0 Å². The van der Waals surface area contributed by atoms with E-state index in [-0.39, 0.29) is 31.1 Å². The minimum atomic E-state index is -0.779. The van der Waals surface area contributed by atoms with E-state index in [2.05, 4.69) is 118 Å². The third-order valence-electron chi connectivity index (χ3n) is 14.3. The summed E-state index contributed by atoms with van der Waals surface area (Å²) in [5.74, 6) is -0.872. The monoisotopic (exact) mass is 1080 g/mol. The van der Waals surface area contributed by atoms with Crippen molar-refractivity contribution < 1.29 is 28.6 Å². The molecule has 6 nitrogen and oxygen atoms in total. The van der Waals surface area contributed by atoms with Gasteiger partial charge in [-0.1, -0.05) is 298 Å². The summed E-state index contributed by atoms with van der Waals surface area (Å²) < 4.78 is 16.9. The number of hydrogen-bond acceptors (Lipinski definition) is 6. The molecule has 448 valence electrons. The quantitative estimate of drug-likeness (QED) is 0.0261. The molecule has 0 amide bonds. The molecule has 0 aromatic carbocycles.